The highest BCUT2D eigenvalue weighted by molar-refractivity contribution is 5.99. The van der Waals surface area contributed by atoms with Gasteiger partial charge in [0.25, 0.3) is 5.91 Å². The molecule has 0 aliphatic heterocycles. The zero-order chi connectivity index (χ0) is 17.7. The zero-order valence-electron chi connectivity index (χ0n) is 14.9. The standard InChI is InChI=1S/C20H26N2O2/c1-14-8-7-13-20(3,4)17(14)12-11-15(2)21-22-19(24)16-9-5-6-10-18(16)23/h5-6,9-12,23H,7-8,13H2,1-4H3,(H,22,24)/b12-11-,21-15-. The summed E-state index contributed by atoms with van der Waals surface area (Å²) in [5.41, 5.74) is 6.36. The molecule has 1 amide bonds. The number of phenols is 1. The molecular weight excluding hydrogens is 300 g/mol. The van der Waals surface area contributed by atoms with Gasteiger partial charge in [-0.1, -0.05) is 37.6 Å². The van der Waals surface area contributed by atoms with Crippen LogP contribution >= 0.6 is 0 Å². The van der Waals surface area contributed by atoms with Gasteiger partial charge in [-0.3, -0.25) is 4.79 Å². The molecule has 1 aliphatic carbocycles. The Balaban J connectivity index is 2.07. The lowest BCUT2D eigenvalue weighted by Gasteiger charge is -2.32. The first-order valence-corrected chi connectivity index (χ1v) is 8.32. The topological polar surface area (TPSA) is 61.7 Å². The summed E-state index contributed by atoms with van der Waals surface area (Å²) in [4.78, 5) is 12.0. The van der Waals surface area contributed by atoms with Gasteiger partial charge in [0, 0.05) is 0 Å². The Morgan fingerprint density at radius 3 is 2.71 bits per heavy atom. The number of carbonyl (C=O) groups is 1. The van der Waals surface area contributed by atoms with E-state index in [9.17, 15) is 9.90 Å². The van der Waals surface area contributed by atoms with Crippen molar-refractivity contribution in [1.29, 1.82) is 0 Å². The lowest BCUT2D eigenvalue weighted by molar-refractivity contribution is 0.0952. The zero-order valence-corrected chi connectivity index (χ0v) is 14.9. The number of para-hydroxylation sites is 1. The number of aromatic hydroxyl groups is 1. The molecule has 0 radical (unpaired) electrons. The van der Waals surface area contributed by atoms with E-state index in [4.69, 9.17) is 0 Å². The quantitative estimate of drug-likeness (QED) is 0.628. The fourth-order valence-electron chi connectivity index (χ4n) is 3.12. The van der Waals surface area contributed by atoms with Gasteiger partial charge >= 0.3 is 0 Å². The van der Waals surface area contributed by atoms with Crippen molar-refractivity contribution in [1.82, 2.24) is 5.43 Å². The molecule has 0 heterocycles. The van der Waals surface area contributed by atoms with E-state index >= 15 is 0 Å². The van der Waals surface area contributed by atoms with Crippen molar-refractivity contribution < 1.29 is 9.90 Å². The molecule has 0 aromatic heterocycles. The van der Waals surface area contributed by atoms with Gasteiger partial charge in [0.1, 0.15) is 5.75 Å². The van der Waals surface area contributed by atoms with Crippen molar-refractivity contribution >= 4 is 11.6 Å². The molecule has 2 rings (SSSR count). The molecule has 0 atom stereocenters. The minimum absolute atomic E-state index is 0.0527. The minimum atomic E-state index is -0.422. The molecule has 4 nitrogen and oxygen atoms in total. The highest BCUT2D eigenvalue weighted by atomic mass is 16.3. The minimum Gasteiger partial charge on any atom is -0.507 e. The number of hydrazone groups is 1. The number of carbonyl (C=O) groups excluding carboxylic acids is 1. The first-order valence-electron chi connectivity index (χ1n) is 8.32. The summed E-state index contributed by atoms with van der Waals surface area (Å²) in [6.45, 7) is 8.56. The number of hydrogen-bond donors (Lipinski definition) is 2. The number of allylic oxidation sites excluding steroid dienone is 4. The molecule has 0 bridgehead atoms. The van der Waals surface area contributed by atoms with Crippen LogP contribution < -0.4 is 5.43 Å². The van der Waals surface area contributed by atoms with Crippen molar-refractivity contribution in [2.75, 3.05) is 0 Å². The molecular formula is C20H26N2O2. The van der Waals surface area contributed by atoms with Crippen molar-refractivity contribution in [3.05, 3.63) is 53.1 Å². The maximum atomic E-state index is 12.0. The third-order valence-corrected chi connectivity index (χ3v) is 4.52. The van der Waals surface area contributed by atoms with Crippen LogP contribution in [0.4, 0.5) is 0 Å². The molecule has 128 valence electrons. The van der Waals surface area contributed by atoms with E-state index in [1.165, 1.54) is 30.1 Å². The smallest absolute Gasteiger partial charge is 0.275 e. The summed E-state index contributed by atoms with van der Waals surface area (Å²) in [5, 5.41) is 13.8. The normalized spacial score (nSPS) is 18.1. The van der Waals surface area contributed by atoms with Gasteiger partial charge in [-0.05, 0) is 62.3 Å². The van der Waals surface area contributed by atoms with Crippen molar-refractivity contribution in [2.24, 2.45) is 10.5 Å². The Morgan fingerprint density at radius 1 is 1.33 bits per heavy atom. The fourth-order valence-corrected chi connectivity index (χ4v) is 3.12. The molecule has 1 aliphatic rings. The second kappa shape index (κ2) is 7.47. The summed E-state index contributed by atoms with van der Waals surface area (Å²) in [6, 6.07) is 6.41. The van der Waals surface area contributed by atoms with Gasteiger partial charge in [0.05, 0.1) is 11.3 Å². The Bertz CT molecular complexity index is 712. The molecule has 0 saturated carbocycles. The van der Waals surface area contributed by atoms with Gasteiger partial charge in [0.2, 0.25) is 0 Å². The number of amides is 1. The number of hydrogen-bond acceptors (Lipinski definition) is 3. The van der Waals surface area contributed by atoms with E-state index in [2.05, 4.69) is 37.4 Å². The number of benzene rings is 1. The van der Waals surface area contributed by atoms with Crippen LogP contribution in [-0.4, -0.2) is 16.7 Å². The molecule has 2 N–H and O–H groups in total. The van der Waals surface area contributed by atoms with Crippen LogP contribution in [0.2, 0.25) is 0 Å². The van der Waals surface area contributed by atoms with Crippen LogP contribution in [-0.2, 0) is 0 Å². The summed E-state index contributed by atoms with van der Waals surface area (Å²) >= 11 is 0. The predicted octanol–water partition coefficient (Wildman–Crippen LogP) is 4.58. The Morgan fingerprint density at radius 2 is 2.04 bits per heavy atom. The molecule has 1 aromatic carbocycles. The molecule has 1 aromatic rings. The Labute approximate surface area is 144 Å². The maximum absolute atomic E-state index is 12.0. The third kappa shape index (κ3) is 4.34. The number of phenolic OH excluding ortho intramolecular Hbond substituents is 1. The van der Waals surface area contributed by atoms with Crippen molar-refractivity contribution in [2.45, 2.75) is 47.0 Å². The molecule has 0 saturated heterocycles. The second-order valence-corrected chi connectivity index (χ2v) is 6.98. The maximum Gasteiger partial charge on any atom is 0.275 e. The third-order valence-electron chi connectivity index (χ3n) is 4.52. The first kappa shape index (κ1) is 18.0. The number of nitrogens with one attached hydrogen (secondary N) is 1. The highest BCUT2D eigenvalue weighted by Crippen LogP contribution is 2.40. The van der Waals surface area contributed by atoms with Gasteiger partial charge < -0.3 is 5.11 Å². The predicted molar refractivity (Wildman–Crippen MR) is 98.2 cm³/mol. The average Bonchev–Trinajstić information content (AvgIpc) is 2.52. The number of nitrogens with zero attached hydrogens (tertiary/aromatic N) is 1. The van der Waals surface area contributed by atoms with Crippen LogP contribution in [0, 0.1) is 5.41 Å². The van der Waals surface area contributed by atoms with Crippen LogP contribution in [0.1, 0.15) is 57.3 Å². The largest absolute Gasteiger partial charge is 0.507 e. The van der Waals surface area contributed by atoms with E-state index in [0.29, 0.717) is 5.71 Å². The Hall–Kier alpha value is -2.36. The van der Waals surface area contributed by atoms with E-state index < -0.39 is 5.91 Å². The van der Waals surface area contributed by atoms with Crippen LogP contribution in [0.15, 0.2) is 52.7 Å². The van der Waals surface area contributed by atoms with E-state index in [-0.39, 0.29) is 16.7 Å². The summed E-state index contributed by atoms with van der Waals surface area (Å²) in [6.07, 6.45) is 7.60. The molecule has 0 spiro atoms. The van der Waals surface area contributed by atoms with Crippen LogP contribution in [0.5, 0.6) is 5.75 Å². The van der Waals surface area contributed by atoms with Crippen molar-refractivity contribution in [3.8, 4) is 5.75 Å². The Kier molecular flexibility index (Phi) is 5.60. The molecule has 0 fully saturated rings. The van der Waals surface area contributed by atoms with Gasteiger partial charge in [-0.2, -0.15) is 5.10 Å². The second-order valence-electron chi connectivity index (χ2n) is 6.98. The fraction of sp³-hybridized carbons (Fsp3) is 0.400. The van der Waals surface area contributed by atoms with Crippen LogP contribution in [0.3, 0.4) is 0 Å². The monoisotopic (exact) mass is 326 g/mol. The molecule has 4 heteroatoms. The SMILES string of the molecule is CC1=C(/C=C\C(C)=N/NC(=O)c2ccccc2O)C(C)(C)CCC1. The summed E-state index contributed by atoms with van der Waals surface area (Å²) < 4.78 is 0. The molecule has 24 heavy (non-hydrogen) atoms. The van der Waals surface area contributed by atoms with E-state index in [0.717, 1.165) is 6.42 Å². The van der Waals surface area contributed by atoms with Gasteiger partial charge in [0.15, 0.2) is 0 Å². The van der Waals surface area contributed by atoms with Crippen LogP contribution in [0.25, 0.3) is 0 Å². The average molecular weight is 326 g/mol. The lowest BCUT2D eigenvalue weighted by Crippen LogP contribution is -2.20. The van der Waals surface area contributed by atoms with Gasteiger partial charge in [-0.25, -0.2) is 5.43 Å². The summed E-state index contributed by atoms with van der Waals surface area (Å²) in [5.74, 6) is -0.475. The first-order chi connectivity index (χ1) is 11.3. The summed E-state index contributed by atoms with van der Waals surface area (Å²) in [7, 11) is 0. The van der Waals surface area contributed by atoms with E-state index in [1.807, 2.05) is 13.0 Å². The van der Waals surface area contributed by atoms with E-state index in [1.54, 1.807) is 18.2 Å². The highest BCUT2D eigenvalue weighted by Gasteiger charge is 2.26. The van der Waals surface area contributed by atoms with Crippen molar-refractivity contribution in [3.63, 3.8) is 0 Å². The lowest BCUT2D eigenvalue weighted by atomic mass is 9.72. The molecule has 0 unspecified atom stereocenters. The number of rotatable bonds is 4. The van der Waals surface area contributed by atoms with Gasteiger partial charge in [-0.15, -0.1) is 0 Å².